The molecule has 1 atom stereocenters. The summed E-state index contributed by atoms with van der Waals surface area (Å²) in [7, 11) is 0. The van der Waals surface area contributed by atoms with Crippen LogP contribution in [0.1, 0.15) is 32.9 Å². The van der Waals surface area contributed by atoms with Crippen molar-refractivity contribution in [2.45, 2.75) is 32.8 Å². The van der Waals surface area contributed by atoms with Crippen LogP contribution in [0.3, 0.4) is 0 Å². The van der Waals surface area contributed by atoms with E-state index in [0.717, 1.165) is 32.6 Å². The smallest absolute Gasteiger partial charge is 0.353 e. The quantitative estimate of drug-likeness (QED) is 0.322. The topological polar surface area (TPSA) is 128 Å². The Labute approximate surface area is 223 Å². The van der Waals surface area contributed by atoms with E-state index in [0.29, 0.717) is 23.1 Å². The lowest BCUT2D eigenvalue weighted by molar-refractivity contribution is -0.166. The molecular formula is C27H26N6O4S. The maximum absolute atomic E-state index is 12.3. The monoisotopic (exact) mass is 530 g/mol. The lowest BCUT2D eigenvalue weighted by Crippen LogP contribution is -2.37. The SMILES string of the molecule is CCNC(=O)Nc1nc2cc(-c3ccc(C4=NOC(C)(C(=O)OCC)C4)nc3)cc(-c3ccccn3)c2s1. The number of aromatic nitrogens is 3. The zero-order valence-corrected chi connectivity index (χ0v) is 22.0. The molecule has 0 radical (unpaired) electrons. The molecule has 0 spiro atoms. The van der Waals surface area contributed by atoms with Gasteiger partial charge in [0.2, 0.25) is 5.60 Å². The Morgan fingerprint density at radius 1 is 1.11 bits per heavy atom. The summed E-state index contributed by atoms with van der Waals surface area (Å²) in [4.78, 5) is 43.5. The largest absolute Gasteiger partial charge is 0.463 e. The molecule has 11 heteroatoms. The maximum Gasteiger partial charge on any atom is 0.353 e. The van der Waals surface area contributed by atoms with Crippen molar-refractivity contribution in [2.75, 3.05) is 18.5 Å². The first kappa shape index (κ1) is 25.3. The van der Waals surface area contributed by atoms with Crippen LogP contribution in [0.25, 0.3) is 32.6 Å². The maximum atomic E-state index is 12.3. The second-order valence-corrected chi connectivity index (χ2v) is 9.78. The molecule has 1 aliphatic rings. The van der Waals surface area contributed by atoms with Crippen molar-refractivity contribution in [2.24, 2.45) is 5.16 Å². The number of urea groups is 1. The minimum atomic E-state index is -1.15. The van der Waals surface area contributed by atoms with Gasteiger partial charge < -0.3 is 14.9 Å². The van der Waals surface area contributed by atoms with Gasteiger partial charge in [0.05, 0.1) is 28.2 Å². The molecular weight excluding hydrogens is 504 g/mol. The molecule has 194 valence electrons. The summed E-state index contributed by atoms with van der Waals surface area (Å²) in [6, 6.07) is 13.2. The minimum Gasteiger partial charge on any atom is -0.463 e. The second-order valence-electron chi connectivity index (χ2n) is 8.78. The molecule has 0 saturated heterocycles. The number of nitrogens with zero attached hydrogens (tertiary/aromatic N) is 4. The number of esters is 1. The van der Waals surface area contributed by atoms with E-state index in [1.165, 1.54) is 11.3 Å². The van der Waals surface area contributed by atoms with Crippen molar-refractivity contribution in [3.63, 3.8) is 0 Å². The van der Waals surface area contributed by atoms with Crippen LogP contribution in [0, 0.1) is 0 Å². The first-order valence-corrected chi connectivity index (χ1v) is 13.0. The number of pyridine rings is 2. The van der Waals surface area contributed by atoms with Gasteiger partial charge in [-0.3, -0.25) is 15.3 Å². The molecule has 2 amide bonds. The first-order valence-electron chi connectivity index (χ1n) is 12.2. The van der Waals surface area contributed by atoms with Gasteiger partial charge in [-0.15, -0.1) is 0 Å². The van der Waals surface area contributed by atoms with Gasteiger partial charge in [-0.25, -0.2) is 14.6 Å². The van der Waals surface area contributed by atoms with Crippen LogP contribution < -0.4 is 10.6 Å². The van der Waals surface area contributed by atoms with Crippen LogP contribution >= 0.6 is 11.3 Å². The molecule has 1 aromatic carbocycles. The molecule has 1 aliphatic heterocycles. The van der Waals surface area contributed by atoms with E-state index in [2.05, 4.69) is 30.7 Å². The molecule has 10 nitrogen and oxygen atoms in total. The molecule has 5 rings (SSSR count). The molecule has 38 heavy (non-hydrogen) atoms. The number of fused-ring (bicyclic) bond motifs is 1. The van der Waals surface area contributed by atoms with Crippen molar-refractivity contribution in [1.82, 2.24) is 20.3 Å². The number of oxime groups is 1. The number of hydrogen-bond acceptors (Lipinski definition) is 9. The molecule has 4 heterocycles. The van der Waals surface area contributed by atoms with Gasteiger partial charge >= 0.3 is 12.0 Å². The van der Waals surface area contributed by atoms with Crippen LogP contribution in [-0.2, 0) is 14.4 Å². The van der Waals surface area contributed by atoms with Gasteiger partial charge in [-0.05, 0) is 56.7 Å². The van der Waals surface area contributed by atoms with Gasteiger partial charge in [-0.2, -0.15) is 0 Å². The summed E-state index contributed by atoms with van der Waals surface area (Å²) >= 11 is 1.40. The fourth-order valence-electron chi connectivity index (χ4n) is 4.07. The number of thiazole rings is 1. The van der Waals surface area contributed by atoms with Gasteiger partial charge in [0.25, 0.3) is 0 Å². The Morgan fingerprint density at radius 3 is 2.68 bits per heavy atom. The highest BCUT2D eigenvalue weighted by molar-refractivity contribution is 7.22. The summed E-state index contributed by atoms with van der Waals surface area (Å²) in [6.07, 6.45) is 3.77. The van der Waals surface area contributed by atoms with Crippen molar-refractivity contribution in [3.8, 4) is 22.4 Å². The first-order chi connectivity index (χ1) is 18.4. The number of carbonyl (C=O) groups excluding carboxylic acids is 2. The molecule has 3 aromatic heterocycles. The summed E-state index contributed by atoms with van der Waals surface area (Å²) in [6.45, 7) is 6.05. The van der Waals surface area contributed by atoms with Gasteiger partial charge in [0.15, 0.2) is 5.13 Å². The number of nitrogens with one attached hydrogen (secondary N) is 2. The highest BCUT2D eigenvalue weighted by Gasteiger charge is 2.44. The minimum absolute atomic E-state index is 0.271. The standard InChI is InChI=1S/C27H26N6O4S/c1-4-28-25(35)32-26-31-21-13-17(12-18(23(21)38-26)19-8-6-7-11-29-19)16-9-10-20(30-15-16)22-14-27(3,37-33-22)24(34)36-5-2/h6-13,15H,4-5,14H2,1-3H3,(H2,28,31,32,35). The van der Waals surface area contributed by atoms with E-state index in [1.54, 1.807) is 26.2 Å². The lowest BCUT2D eigenvalue weighted by Gasteiger charge is -2.18. The Kier molecular flexibility index (Phi) is 7.01. The molecule has 0 bridgehead atoms. The Hall–Kier alpha value is -4.38. The van der Waals surface area contributed by atoms with Crippen LogP contribution in [-0.4, -0.2) is 51.4 Å². The van der Waals surface area contributed by atoms with Crippen LogP contribution in [0.15, 0.2) is 60.0 Å². The highest BCUT2D eigenvalue weighted by Crippen LogP contribution is 2.38. The Bertz CT molecular complexity index is 1520. The number of anilines is 1. The van der Waals surface area contributed by atoms with Crippen LogP contribution in [0.2, 0.25) is 0 Å². The van der Waals surface area contributed by atoms with Crippen molar-refractivity contribution in [3.05, 3.63) is 60.6 Å². The van der Waals surface area contributed by atoms with Gasteiger partial charge in [0, 0.05) is 36.5 Å². The Balaban J connectivity index is 1.47. The average Bonchev–Trinajstić information content (AvgIpc) is 3.53. The summed E-state index contributed by atoms with van der Waals surface area (Å²) in [5.74, 6) is -0.449. The van der Waals surface area contributed by atoms with Crippen molar-refractivity contribution in [1.29, 1.82) is 0 Å². The molecule has 0 saturated carbocycles. The average molecular weight is 531 g/mol. The normalized spacial score (nSPS) is 16.6. The predicted octanol–water partition coefficient (Wildman–Crippen LogP) is 5.01. The fourth-order valence-corrected chi connectivity index (χ4v) is 5.04. The third-order valence-corrected chi connectivity index (χ3v) is 6.97. The van der Waals surface area contributed by atoms with Gasteiger partial charge in [-0.1, -0.05) is 28.6 Å². The molecule has 1 unspecified atom stereocenters. The molecule has 0 fully saturated rings. The van der Waals surface area contributed by atoms with Crippen LogP contribution in [0.4, 0.5) is 9.93 Å². The van der Waals surface area contributed by atoms with Crippen molar-refractivity contribution < 1.29 is 19.2 Å². The zero-order chi connectivity index (χ0) is 26.7. The van der Waals surface area contributed by atoms with Gasteiger partial charge in [0.1, 0.15) is 5.71 Å². The number of ether oxygens (including phenoxy) is 1. The number of amides is 2. The van der Waals surface area contributed by atoms with E-state index in [1.807, 2.05) is 49.4 Å². The van der Waals surface area contributed by atoms with E-state index >= 15 is 0 Å². The number of benzene rings is 1. The predicted molar refractivity (Wildman–Crippen MR) is 146 cm³/mol. The molecule has 2 N–H and O–H groups in total. The van der Waals surface area contributed by atoms with Crippen molar-refractivity contribution >= 4 is 44.4 Å². The number of rotatable bonds is 7. The lowest BCUT2D eigenvalue weighted by atomic mass is 9.97. The fraction of sp³-hybridized carbons (Fsp3) is 0.259. The Morgan fingerprint density at radius 2 is 1.97 bits per heavy atom. The number of hydrogen-bond donors (Lipinski definition) is 2. The zero-order valence-electron chi connectivity index (χ0n) is 21.1. The second kappa shape index (κ2) is 10.5. The van der Waals surface area contributed by atoms with Crippen LogP contribution in [0.5, 0.6) is 0 Å². The highest BCUT2D eigenvalue weighted by atomic mass is 32.1. The summed E-state index contributed by atoms with van der Waals surface area (Å²) in [5, 5.41) is 10.1. The van der Waals surface area contributed by atoms with E-state index < -0.39 is 11.6 Å². The molecule has 4 aromatic rings. The van der Waals surface area contributed by atoms with E-state index in [4.69, 9.17) is 9.57 Å². The third kappa shape index (κ3) is 5.05. The third-order valence-electron chi connectivity index (χ3n) is 5.95. The summed E-state index contributed by atoms with van der Waals surface area (Å²) in [5.41, 5.74) is 4.25. The van der Waals surface area contributed by atoms with E-state index in [9.17, 15) is 9.59 Å². The summed E-state index contributed by atoms with van der Waals surface area (Å²) < 4.78 is 6.03. The number of carbonyl (C=O) groups is 2. The molecule has 0 aliphatic carbocycles. The van der Waals surface area contributed by atoms with E-state index in [-0.39, 0.29) is 19.1 Å².